The van der Waals surface area contributed by atoms with E-state index in [1.54, 1.807) is 14.2 Å². The van der Waals surface area contributed by atoms with E-state index in [4.69, 9.17) is 19.9 Å². The quantitative estimate of drug-likeness (QED) is 0.361. The lowest BCUT2D eigenvalue weighted by molar-refractivity contribution is 0.124. The number of aliphatic hydroxyl groups excluding tert-OH is 1. The van der Waals surface area contributed by atoms with Crippen molar-refractivity contribution in [3.05, 3.63) is 53.6 Å². The smallest absolute Gasteiger partial charge is 0.160 e. The first-order valence-electron chi connectivity index (χ1n) is 9.70. The summed E-state index contributed by atoms with van der Waals surface area (Å²) >= 11 is 0. The molecular formula is C22H32N2O4. The van der Waals surface area contributed by atoms with Crippen LogP contribution in [0.2, 0.25) is 0 Å². The van der Waals surface area contributed by atoms with Crippen LogP contribution >= 0.6 is 0 Å². The Kier molecular flexibility index (Phi) is 9.62. The molecule has 0 radical (unpaired) electrons. The first-order valence-corrected chi connectivity index (χ1v) is 9.70. The van der Waals surface area contributed by atoms with Crippen molar-refractivity contribution >= 4 is 0 Å². The number of nitrogens with two attached hydrogens (primary N) is 1. The number of aryl methyl sites for hydroxylation is 2. The zero-order chi connectivity index (χ0) is 20.2. The van der Waals surface area contributed by atoms with Crippen molar-refractivity contribution in [3.8, 4) is 17.2 Å². The highest BCUT2D eigenvalue weighted by atomic mass is 16.5. The topological polar surface area (TPSA) is 86.0 Å². The Morgan fingerprint density at radius 2 is 1.75 bits per heavy atom. The predicted octanol–water partition coefficient (Wildman–Crippen LogP) is 2.51. The summed E-state index contributed by atoms with van der Waals surface area (Å²) in [6.07, 6.45) is 2.94. The number of methoxy groups -OCH3 is 2. The molecule has 4 N–H and O–H groups in total. The first kappa shape index (κ1) is 22.0. The van der Waals surface area contributed by atoms with Gasteiger partial charge in [-0.15, -0.1) is 0 Å². The molecule has 28 heavy (non-hydrogen) atoms. The Bertz CT molecular complexity index is 709. The molecule has 0 aliphatic heterocycles. The first-order chi connectivity index (χ1) is 13.7. The minimum Gasteiger partial charge on any atom is -0.493 e. The van der Waals surface area contributed by atoms with Gasteiger partial charge in [0, 0.05) is 6.54 Å². The number of rotatable bonds is 13. The molecular weight excluding hydrogens is 356 g/mol. The lowest BCUT2D eigenvalue weighted by Gasteiger charge is -2.13. The molecule has 0 saturated heterocycles. The fourth-order valence-electron chi connectivity index (χ4n) is 2.98. The van der Waals surface area contributed by atoms with E-state index in [-0.39, 0.29) is 0 Å². The van der Waals surface area contributed by atoms with E-state index >= 15 is 0 Å². The lowest BCUT2D eigenvalue weighted by Crippen LogP contribution is -2.33. The summed E-state index contributed by atoms with van der Waals surface area (Å²) in [7, 11) is 3.30. The van der Waals surface area contributed by atoms with Gasteiger partial charge < -0.3 is 25.1 Å². The molecule has 0 aromatic heterocycles. The second-order valence-electron chi connectivity index (χ2n) is 6.59. The summed E-state index contributed by atoms with van der Waals surface area (Å²) in [6.45, 7) is 1.53. The van der Waals surface area contributed by atoms with E-state index in [1.165, 1.54) is 11.1 Å². The summed E-state index contributed by atoms with van der Waals surface area (Å²) < 4.78 is 16.4. The number of benzene rings is 2. The average molecular weight is 389 g/mol. The number of ether oxygens (including phenoxy) is 3. The second kappa shape index (κ2) is 12.2. The van der Waals surface area contributed by atoms with Crippen LogP contribution in [0.15, 0.2) is 42.5 Å². The molecule has 0 bridgehead atoms. The van der Waals surface area contributed by atoms with Crippen LogP contribution in [0.3, 0.4) is 0 Å². The van der Waals surface area contributed by atoms with Crippen LogP contribution in [0.1, 0.15) is 24.0 Å². The Labute approximate surface area is 167 Å². The second-order valence-corrected chi connectivity index (χ2v) is 6.59. The molecule has 1 unspecified atom stereocenters. The van der Waals surface area contributed by atoms with E-state index in [0.717, 1.165) is 36.5 Å². The molecule has 6 nitrogen and oxygen atoms in total. The highest BCUT2D eigenvalue weighted by molar-refractivity contribution is 5.43. The number of nitrogens with one attached hydrogen (secondary N) is 1. The maximum absolute atomic E-state index is 9.58. The molecule has 2 aromatic rings. The summed E-state index contributed by atoms with van der Waals surface area (Å²) in [5.74, 6) is 2.36. The van der Waals surface area contributed by atoms with Crippen molar-refractivity contribution in [1.82, 2.24) is 5.32 Å². The SMILES string of the molecule is COc1ccc(CCCc2cccc(OCCNC(O)CCN)c2)cc1OC. The summed E-state index contributed by atoms with van der Waals surface area (Å²) in [5.41, 5.74) is 7.88. The maximum atomic E-state index is 9.58. The molecule has 0 heterocycles. The van der Waals surface area contributed by atoms with E-state index in [0.29, 0.717) is 26.1 Å². The Balaban J connectivity index is 1.76. The molecule has 2 aromatic carbocycles. The zero-order valence-corrected chi connectivity index (χ0v) is 16.8. The van der Waals surface area contributed by atoms with Crippen LogP contribution in [-0.4, -0.2) is 45.3 Å². The summed E-state index contributed by atoms with van der Waals surface area (Å²) in [6, 6.07) is 14.2. The van der Waals surface area contributed by atoms with Crippen molar-refractivity contribution in [2.75, 3.05) is 33.9 Å². The fourth-order valence-corrected chi connectivity index (χ4v) is 2.98. The Morgan fingerprint density at radius 1 is 1.00 bits per heavy atom. The van der Waals surface area contributed by atoms with Gasteiger partial charge >= 0.3 is 0 Å². The number of hydrogen-bond acceptors (Lipinski definition) is 6. The molecule has 0 aliphatic rings. The predicted molar refractivity (Wildman–Crippen MR) is 111 cm³/mol. The summed E-state index contributed by atoms with van der Waals surface area (Å²) in [4.78, 5) is 0. The van der Waals surface area contributed by atoms with Crippen LogP contribution < -0.4 is 25.3 Å². The van der Waals surface area contributed by atoms with Gasteiger partial charge in [0.15, 0.2) is 11.5 Å². The molecule has 0 amide bonds. The van der Waals surface area contributed by atoms with Gasteiger partial charge in [0.05, 0.1) is 14.2 Å². The van der Waals surface area contributed by atoms with Gasteiger partial charge in [0.25, 0.3) is 0 Å². The molecule has 6 heteroatoms. The highest BCUT2D eigenvalue weighted by Crippen LogP contribution is 2.28. The highest BCUT2D eigenvalue weighted by Gasteiger charge is 2.05. The van der Waals surface area contributed by atoms with Crippen LogP contribution in [-0.2, 0) is 12.8 Å². The van der Waals surface area contributed by atoms with Gasteiger partial charge in [-0.1, -0.05) is 18.2 Å². The number of hydrogen-bond donors (Lipinski definition) is 3. The molecule has 0 spiro atoms. The van der Waals surface area contributed by atoms with Crippen LogP contribution in [0.25, 0.3) is 0 Å². The minimum absolute atomic E-state index is 0.459. The van der Waals surface area contributed by atoms with E-state index < -0.39 is 6.23 Å². The normalized spacial score (nSPS) is 11.9. The molecule has 0 saturated carbocycles. The van der Waals surface area contributed by atoms with Gasteiger partial charge in [-0.05, 0) is 67.6 Å². The van der Waals surface area contributed by atoms with Crippen LogP contribution in [0.4, 0.5) is 0 Å². The van der Waals surface area contributed by atoms with Gasteiger partial charge in [-0.3, -0.25) is 5.32 Å². The monoisotopic (exact) mass is 388 g/mol. The van der Waals surface area contributed by atoms with Crippen LogP contribution in [0, 0.1) is 0 Å². The molecule has 0 aliphatic carbocycles. The van der Waals surface area contributed by atoms with Crippen molar-refractivity contribution < 1.29 is 19.3 Å². The van der Waals surface area contributed by atoms with Crippen LogP contribution in [0.5, 0.6) is 17.2 Å². The third kappa shape index (κ3) is 7.38. The molecule has 0 fully saturated rings. The molecule has 2 rings (SSSR count). The van der Waals surface area contributed by atoms with Gasteiger partial charge in [0.2, 0.25) is 0 Å². The van der Waals surface area contributed by atoms with Gasteiger partial charge in [-0.2, -0.15) is 0 Å². The summed E-state index contributed by atoms with van der Waals surface area (Å²) in [5, 5.41) is 12.6. The maximum Gasteiger partial charge on any atom is 0.160 e. The van der Waals surface area contributed by atoms with E-state index in [1.807, 2.05) is 24.3 Å². The van der Waals surface area contributed by atoms with Crippen molar-refractivity contribution in [2.24, 2.45) is 5.73 Å². The van der Waals surface area contributed by atoms with E-state index in [9.17, 15) is 5.11 Å². The standard InChI is InChI=1S/C22H32N2O4/c1-26-20-10-9-18(16-21(20)27-2)6-3-5-17-7-4-8-19(15-17)28-14-13-24-22(25)11-12-23/h4,7-10,15-16,22,24-25H,3,5-6,11-14,23H2,1-2H3. The third-order valence-electron chi connectivity index (χ3n) is 4.47. The molecule has 154 valence electrons. The van der Waals surface area contributed by atoms with Crippen molar-refractivity contribution in [3.63, 3.8) is 0 Å². The average Bonchev–Trinajstić information content (AvgIpc) is 2.71. The largest absolute Gasteiger partial charge is 0.493 e. The van der Waals surface area contributed by atoms with E-state index in [2.05, 4.69) is 23.5 Å². The zero-order valence-electron chi connectivity index (χ0n) is 16.8. The lowest BCUT2D eigenvalue weighted by atomic mass is 10.0. The Hall–Kier alpha value is -2.28. The van der Waals surface area contributed by atoms with Gasteiger partial charge in [0.1, 0.15) is 18.6 Å². The van der Waals surface area contributed by atoms with Crippen molar-refractivity contribution in [1.29, 1.82) is 0 Å². The Morgan fingerprint density at radius 3 is 2.46 bits per heavy atom. The van der Waals surface area contributed by atoms with Crippen molar-refractivity contribution in [2.45, 2.75) is 31.9 Å². The van der Waals surface area contributed by atoms with Gasteiger partial charge in [-0.25, -0.2) is 0 Å². The number of aliphatic hydroxyl groups is 1. The molecule has 1 atom stereocenters. The minimum atomic E-state index is -0.573. The fraction of sp³-hybridized carbons (Fsp3) is 0.455. The third-order valence-corrected chi connectivity index (χ3v) is 4.47.